The molecule has 2 atom stereocenters. The maximum Gasteiger partial charge on any atom is 0.228 e. The van der Waals surface area contributed by atoms with Crippen molar-refractivity contribution in [1.82, 2.24) is 0 Å². The van der Waals surface area contributed by atoms with E-state index in [-0.39, 0.29) is 0 Å². The van der Waals surface area contributed by atoms with Crippen LogP contribution in [0.5, 0.6) is 0 Å². The smallest absolute Gasteiger partial charge is 0.228 e. The number of rotatable bonds is 3. The second-order valence-corrected chi connectivity index (χ2v) is 5.46. The van der Waals surface area contributed by atoms with E-state index in [1.165, 1.54) is 12.8 Å². The van der Waals surface area contributed by atoms with Crippen LogP contribution < -0.4 is 0 Å². The highest BCUT2D eigenvalue weighted by Gasteiger charge is 2.23. The fourth-order valence-electron chi connectivity index (χ4n) is 1.42. The number of hydrogen-bond donors (Lipinski definition) is 0. The summed E-state index contributed by atoms with van der Waals surface area (Å²) < 4.78 is 10.9. The first-order valence-corrected chi connectivity index (χ1v) is 5.96. The van der Waals surface area contributed by atoms with Gasteiger partial charge < -0.3 is 9.16 Å². The Bertz CT molecular complexity index is 121. The van der Waals surface area contributed by atoms with Gasteiger partial charge in [0, 0.05) is 13.7 Å². The van der Waals surface area contributed by atoms with Crippen molar-refractivity contribution < 1.29 is 9.16 Å². The number of hydrogen-bond acceptors (Lipinski definition) is 2. The van der Waals surface area contributed by atoms with Crippen LogP contribution in [0.3, 0.4) is 0 Å². The molecule has 3 heteroatoms. The maximum absolute atomic E-state index is 5.59. The lowest BCUT2D eigenvalue weighted by atomic mass is 10.2. The minimum absolute atomic E-state index is 0.381. The number of ether oxygens (including phenoxy) is 1. The zero-order valence-corrected chi connectivity index (χ0v) is 8.24. The van der Waals surface area contributed by atoms with Gasteiger partial charge >= 0.3 is 0 Å². The second-order valence-electron chi connectivity index (χ2n) is 2.84. The van der Waals surface area contributed by atoms with Crippen molar-refractivity contribution in [1.29, 1.82) is 0 Å². The standard InChI is InChI=1S/C8H16O2Si/c1-3-11(9-2)8-6-4-5-7-10-8/h3,8,11H,1,4-7H2,2H3. The molecular formula is C8H16O2Si. The Kier molecular flexibility index (Phi) is 3.83. The molecule has 64 valence electrons. The Labute approximate surface area is 69.9 Å². The Morgan fingerprint density at radius 2 is 2.45 bits per heavy atom. The molecule has 0 aromatic carbocycles. The van der Waals surface area contributed by atoms with Gasteiger partial charge in [-0.05, 0) is 19.3 Å². The van der Waals surface area contributed by atoms with Crippen LogP contribution in [-0.2, 0) is 9.16 Å². The SMILES string of the molecule is C=C[SiH](OC)C1CCCCO1. The van der Waals surface area contributed by atoms with Crippen molar-refractivity contribution >= 4 is 9.04 Å². The summed E-state index contributed by atoms with van der Waals surface area (Å²) in [6.45, 7) is 4.67. The molecule has 2 nitrogen and oxygen atoms in total. The van der Waals surface area contributed by atoms with E-state index in [2.05, 4.69) is 6.58 Å². The van der Waals surface area contributed by atoms with Gasteiger partial charge in [0.25, 0.3) is 0 Å². The molecule has 1 fully saturated rings. The normalized spacial score (nSPS) is 27.9. The lowest BCUT2D eigenvalue weighted by Crippen LogP contribution is -2.36. The van der Waals surface area contributed by atoms with Crippen LogP contribution in [0.25, 0.3) is 0 Å². The first-order valence-electron chi connectivity index (χ1n) is 4.15. The van der Waals surface area contributed by atoms with Gasteiger partial charge in [-0.2, -0.15) is 0 Å². The summed E-state index contributed by atoms with van der Waals surface area (Å²) in [4.78, 5) is 0. The molecular weight excluding hydrogens is 156 g/mol. The molecule has 0 aromatic rings. The van der Waals surface area contributed by atoms with E-state index in [9.17, 15) is 0 Å². The summed E-state index contributed by atoms with van der Waals surface area (Å²) in [5.41, 5.74) is 2.34. The van der Waals surface area contributed by atoms with E-state index in [0.717, 1.165) is 13.0 Å². The van der Waals surface area contributed by atoms with Crippen molar-refractivity contribution in [3.8, 4) is 0 Å². The largest absolute Gasteiger partial charge is 0.417 e. The van der Waals surface area contributed by atoms with E-state index in [1.54, 1.807) is 7.11 Å². The van der Waals surface area contributed by atoms with Crippen LogP contribution in [0.2, 0.25) is 0 Å². The molecule has 0 N–H and O–H groups in total. The van der Waals surface area contributed by atoms with Crippen LogP contribution in [0.15, 0.2) is 12.3 Å². The van der Waals surface area contributed by atoms with Crippen molar-refractivity contribution in [2.45, 2.75) is 25.0 Å². The zero-order chi connectivity index (χ0) is 8.10. The van der Waals surface area contributed by atoms with E-state index >= 15 is 0 Å². The third-order valence-electron chi connectivity index (χ3n) is 2.09. The van der Waals surface area contributed by atoms with Gasteiger partial charge in [-0.3, -0.25) is 0 Å². The highest BCUT2D eigenvalue weighted by molar-refractivity contribution is 6.58. The Morgan fingerprint density at radius 1 is 1.64 bits per heavy atom. The molecule has 0 amide bonds. The van der Waals surface area contributed by atoms with E-state index in [1.807, 2.05) is 5.70 Å². The predicted octanol–water partition coefficient (Wildman–Crippen LogP) is 1.19. The van der Waals surface area contributed by atoms with Crippen molar-refractivity contribution in [3.05, 3.63) is 12.3 Å². The average Bonchev–Trinajstić information content (AvgIpc) is 2.09. The average molecular weight is 172 g/mol. The highest BCUT2D eigenvalue weighted by atomic mass is 28.3. The molecule has 11 heavy (non-hydrogen) atoms. The molecule has 1 aliphatic rings. The van der Waals surface area contributed by atoms with Crippen LogP contribution in [0, 0.1) is 0 Å². The molecule has 0 spiro atoms. The van der Waals surface area contributed by atoms with Crippen molar-refractivity contribution in [2.24, 2.45) is 0 Å². The Balaban J connectivity index is 2.35. The molecule has 2 unspecified atom stereocenters. The van der Waals surface area contributed by atoms with Gasteiger partial charge in [0.05, 0.1) is 5.73 Å². The predicted molar refractivity (Wildman–Crippen MR) is 47.9 cm³/mol. The molecule has 1 heterocycles. The van der Waals surface area contributed by atoms with Gasteiger partial charge in [-0.25, -0.2) is 0 Å². The Hall–Kier alpha value is -0.123. The van der Waals surface area contributed by atoms with Gasteiger partial charge in [0.15, 0.2) is 0 Å². The minimum Gasteiger partial charge on any atom is -0.417 e. The molecule has 0 aliphatic carbocycles. The topological polar surface area (TPSA) is 18.5 Å². The van der Waals surface area contributed by atoms with Crippen molar-refractivity contribution in [2.75, 3.05) is 13.7 Å². The Morgan fingerprint density at radius 3 is 2.91 bits per heavy atom. The molecule has 1 aliphatic heterocycles. The molecule has 0 aromatic heterocycles. The highest BCUT2D eigenvalue weighted by Crippen LogP contribution is 2.15. The molecule has 0 bridgehead atoms. The van der Waals surface area contributed by atoms with Crippen LogP contribution >= 0.6 is 0 Å². The lowest BCUT2D eigenvalue weighted by Gasteiger charge is -2.26. The summed E-state index contributed by atoms with van der Waals surface area (Å²) in [5, 5.41) is 0. The lowest BCUT2D eigenvalue weighted by molar-refractivity contribution is 0.0542. The summed E-state index contributed by atoms with van der Waals surface area (Å²) in [7, 11) is 0.529. The zero-order valence-electron chi connectivity index (χ0n) is 7.08. The summed E-state index contributed by atoms with van der Waals surface area (Å²) in [6.07, 6.45) is 3.65. The van der Waals surface area contributed by atoms with Crippen LogP contribution in [0.1, 0.15) is 19.3 Å². The first-order chi connectivity index (χ1) is 5.38. The molecule has 0 saturated carbocycles. The maximum atomic E-state index is 5.59. The van der Waals surface area contributed by atoms with Gasteiger partial charge in [0.2, 0.25) is 9.04 Å². The van der Waals surface area contributed by atoms with E-state index in [0.29, 0.717) is 5.73 Å². The third-order valence-corrected chi connectivity index (χ3v) is 4.35. The summed E-state index contributed by atoms with van der Waals surface area (Å²) in [5.74, 6) is 0. The van der Waals surface area contributed by atoms with Crippen LogP contribution in [0.4, 0.5) is 0 Å². The molecule has 1 saturated heterocycles. The van der Waals surface area contributed by atoms with Gasteiger partial charge in [-0.15, -0.1) is 6.58 Å². The summed E-state index contributed by atoms with van der Waals surface area (Å²) in [6, 6.07) is 0. The quantitative estimate of drug-likeness (QED) is 0.595. The molecule has 0 radical (unpaired) electrons. The van der Waals surface area contributed by atoms with Gasteiger partial charge in [-0.1, -0.05) is 5.70 Å². The molecule has 1 rings (SSSR count). The van der Waals surface area contributed by atoms with Crippen LogP contribution in [-0.4, -0.2) is 28.5 Å². The first kappa shape index (κ1) is 8.97. The van der Waals surface area contributed by atoms with Crippen molar-refractivity contribution in [3.63, 3.8) is 0 Å². The third kappa shape index (κ3) is 2.43. The summed E-state index contributed by atoms with van der Waals surface area (Å²) >= 11 is 0. The monoisotopic (exact) mass is 172 g/mol. The van der Waals surface area contributed by atoms with E-state index in [4.69, 9.17) is 9.16 Å². The van der Waals surface area contributed by atoms with E-state index < -0.39 is 9.04 Å². The minimum atomic E-state index is -1.23. The van der Waals surface area contributed by atoms with Gasteiger partial charge in [0.1, 0.15) is 0 Å². The second kappa shape index (κ2) is 4.69. The fourth-order valence-corrected chi connectivity index (χ4v) is 3.11. The fraction of sp³-hybridized carbons (Fsp3) is 0.750.